The van der Waals surface area contributed by atoms with Crippen LogP contribution in [0.25, 0.3) is 0 Å². The Morgan fingerprint density at radius 2 is 1.36 bits per heavy atom. The van der Waals surface area contributed by atoms with Crippen molar-refractivity contribution >= 4 is 23.9 Å². The number of carbonyl (C=O) groups is 2. The number of rotatable bonds is 26. The van der Waals surface area contributed by atoms with Gasteiger partial charge in [-0.1, -0.05) is 36.3 Å². The summed E-state index contributed by atoms with van der Waals surface area (Å²) in [6, 6.07) is 12.2. The summed E-state index contributed by atoms with van der Waals surface area (Å²) in [5.74, 6) is 1.47. The zero-order valence-electron chi connectivity index (χ0n) is 46.5. The topological polar surface area (TPSA) is 147 Å². The first kappa shape index (κ1) is 60.8. The molecule has 0 aromatic heterocycles. The second-order valence-corrected chi connectivity index (χ2v) is 23.1. The molecule has 2 spiro atoms. The van der Waals surface area contributed by atoms with Gasteiger partial charge in [-0.15, -0.1) is 6.42 Å². The number of hydrogen-bond acceptors (Lipinski definition) is 12. The number of nitrogens with one attached hydrogen (secondary N) is 3. The lowest BCUT2D eigenvalue weighted by Gasteiger charge is -2.53. The number of halogens is 2. The molecular formula is C59H96F2N8O6. The number of piperidine rings is 3. The standard InChI is InChI=1S/C52H86N8O5.C7H10F2O/c1-6-31-62-33-35-64-37-38-65-36-34-63-32-30-57-26-18-51(19-27-57)16-24-56(25-17-51)22-15-49(61)58-28-20-52(21-29-58)40-46(41-52)50(54)60(44(4)53)43(3)39-47-13-12-42(2)59(47)23-14-48(55-5)45-10-8-7-9-11-45;8-7(9)3-1-6(5-10)2-4-7/h1,7-11,42-43,46-48,53-55H,12-41H2,2-5H3;5-6H,1-4H2. The molecule has 75 heavy (non-hydrogen) atoms. The maximum absolute atomic E-state index is 13.5. The molecule has 7 rings (SSSR count). The summed E-state index contributed by atoms with van der Waals surface area (Å²) in [4.78, 5) is 35.6. The highest BCUT2D eigenvalue weighted by Gasteiger charge is 2.49. The SMILES string of the molecule is C#CCOCCOCCOCCOCCN1CCC2(CC1)CCN(CCC(=O)N1CCC3(CC1)CC(C(=N)N(C(C)=N)C(C)CC1CCC(C)N1CCC(NC)c1ccccc1)C3)CC2.O=CC1CCC(F)(F)CC1. The molecule has 3 N–H and O–H groups in total. The summed E-state index contributed by atoms with van der Waals surface area (Å²) in [6.45, 7) is 19.9. The predicted molar refractivity (Wildman–Crippen MR) is 294 cm³/mol. The minimum atomic E-state index is -2.50. The van der Waals surface area contributed by atoms with Crippen molar-refractivity contribution in [2.75, 3.05) is 119 Å². The molecule has 0 radical (unpaired) electrons. The minimum absolute atomic E-state index is 0.111. The van der Waals surface area contributed by atoms with Crippen LogP contribution >= 0.6 is 0 Å². The zero-order valence-corrected chi connectivity index (χ0v) is 46.5. The number of amidine groups is 2. The highest BCUT2D eigenvalue weighted by atomic mass is 19.3. The Hall–Kier alpha value is -3.40. The van der Waals surface area contributed by atoms with Crippen LogP contribution in [0.3, 0.4) is 0 Å². The van der Waals surface area contributed by atoms with Crippen LogP contribution in [0.2, 0.25) is 0 Å². The third kappa shape index (κ3) is 18.9. The minimum Gasteiger partial charge on any atom is -0.378 e. The molecule has 6 fully saturated rings. The molecule has 6 aliphatic rings. The molecular weight excluding hydrogens is 955 g/mol. The first-order chi connectivity index (χ1) is 36.2. The molecule has 1 aromatic rings. The van der Waals surface area contributed by atoms with Gasteiger partial charge in [0, 0.05) is 88.0 Å². The van der Waals surface area contributed by atoms with Crippen LogP contribution in [-0.2, 0) is 28.5 Å². The van der Waals surface area contributed by atoms with Gasteiger partial charge in [0.25, 0.3) is 0 Å². The van der Waals surface area contributed by atoms with Crippen LogP contribution in [0.5, 0.6) is 0 Å². The summed E-state index contributed by atoms with van der Waals surface area (Å²) < 4.78 is 46.9. The highest BCUT2D eigenvalue weighted by molar-refractivity contribution is 5.98. The molecule has 4 heterocycles. The Morgan fingerprint density at radius 3 is 1.92 bits per heavy atom. The van der Waals surface area contributed by atoms with Crippen molar-refractivity contribution in [2.45, 2.75) is 160 Å². The van der Waals surface area contributed by atoms with Gasteiger partial charge in [0.2, 0.25) is 11.8 Å². The first-order valence-corrected chi connectivity index (χ1v) is 28.9. The van der Waals surface area contributed by atoms with Crippen molar-refractivity contribution in [3.63, 3.8) is 0 Å². The fraction of sp³-hybridized carbons (Fsp3) is 0.797. The van der Waals surface area contributed by atoms with E-state index in [-0.39, 0.29) is 36.1 Å². The molecule has 2 saturated carbocycles. The fourth-order valence-electron chi connectivity index (χ4n) is 13.1. The smallest absolute Gasteiger partial charge is 0.248 e. The lowest BCUT2D eigenvalue weighted by atomic mass is 9.57. The monoisotopic (exact) mass is 1050 g/mol. The lowest BCUT2D eigenvalue weighted by Crippen LogP contribution is -2.55. The number of carbonyl (C=O) groups excluding carboxylic acids is 2. The molecule has 2 aliphatic carbocycles. The van der Waals surface area contributed by atoms with E-state index in [0.717, 1.165) is 110 Å². The van der Waals surface area contributed by atoms with Crippen molar-refractivity contribution in [2.24, 2.45) is 22.7 Å². The molecule has 4 aliphatic heterocycles. The largest absolute Gasteiger partial charge is 0.378 e. The Morgan fingerprint density at radius 1 is 0.800 bits per heavy atom. The van der Waals surface area contributed by atoms with Crippen molar-refractivity contribution in [3.8, 4) is 12.3 Å². The number of amides is 1. The summed E-state index contributed by atoms with van der Waals surface area (Å²) >= 11 is 0. The van der Waals surface area contributed by atoms with Crippen LogP contribution < -0.4 is 5.32 Å². The zero-order chi connectivity index (χ0) is 53.7. The number of ether oxygens (including phenoxy) is 4. The second-order valence-electron chi connectivity index (χ2n) is 23.1. The quantitative estimate of drug-likeness (QED) is 0.0270. The van der Waals surface area contributed by atoms with Gasteiger partial charge in [0.15, 0.2) is 0 Å². The maximum Gasteiger partial charge on any atom is 0.248 e. The third-order valence-electron chi connectivity index (χ3n) is 18.1. The van der Waals surface area contributed by atoms with Crippen LogP contribution in [-0.4, -0.2) is 191 Å². The molecule has 4 unspecified atom stereocenters. The maximum atomic E-state index is 13.5. The summed E-state index contributed by atoms with van der Waals surface area (Å²) in [5, 5.41) is 21.7. The van der Waals surface area contributed by atoms with Gasteiger partial charge in [-0.05, 0) is 160 Å². The van der Waals surface area contributed by atoms with E-state index in [2.05, 4.69) is 82.1 Å². The van der Waals surface area contributed by atoms with Gasteiger partial charge in [0.1, 0.15) is 18.7 Å². The number of likely N-dealkylation sites (tertiary alicyclic amines) is 4. The van der Waals surface area contributed by atoms with E-state index in [1.54, 1.807) is 0 Å². The molecule has 14 nitrogen and oxygen atoms in total. The van der Waals surface area contributed by atoms with E-state index >= 15 is 0 Å². The van der Waals surface area contributed by atoms with E-state index in [1.807, 2.05) is 11.8 Å². The third-order valence-corrected chi connectivity index (χ3v) is 18.1. The number of hydrogen-bond donors (Lipinski definition) is 3. The van der Waals surface area contributed by atoms with Crippen LogP contribution in [0.1, 0.15) is 142 Å². The van der Waals surface area contributed by atoms with Crippen LogP contribution in [0, 0.1) is 45.8 Å². The molecule has 1 amide bonds. The highest BCUT2D eigenvalue weighted by Crippen LogP contribution is 2.53. The summed E-state index contributed by atoms with van der Waals surface area (Å²) in [5.41, 5.74) is 2.04. The molecule has 16 heteroatoms. The lowest BCUT2D eigenvalue weighted by molar-refractivity contribution is -0.135. The van der Waals surface area contributed by atoms with Crippen molar-refractivity contribution < 1.29 is 37.3 Å². The summed E-state index contributed by atoms with van der Waals surface area (Å²) in [7, 11) is 2.06. The second kappa shape index (κ2) is 30.7. The molecule has 422 valence electrons. The van der Waals surface area contributed by atoms with Gasteiger partial charge in [0.05, 0.1) is 52.1 Å². The molecule has 4 atom stereocenters. The average Bonchev–Trinajstić information content (AvgIpc) is 3.75. The number of benzene rings is 1. The Balaban J connectivity index is 0.000000818. The van der Waals surface area contributed by atoms with Crippen molar-refractivity contribution in [1.29, 1.82) is 10.8 Å². The predicted octanol–water partition coefficient (Wildman–Crippen LogP) is 8.54. The Kier molecular flexibility index (Phi) is 24.9. The normalized spacial score (nSPS) is 23.9. The van der Waals surface area contributed by atoms with Crippen LogP contribution in [0.15, 0.2) is 30.3 Å². The van der Waals surface area contributed by atoms with Crippen LogP contribution in [0.4, 0.5) is 8.78 Å². The van der Waals surface area contributed by atoms with E-state index in [0.29, 0.717) is 107 Å². The molecule has 4 saturated heterocycles. The number of nitrogens with zero attached hydrogens (tertiary/aromatic N) is 5. The van der Waals surface area contributed by atoms with E-state index in [4.69, 9.17) is 30.8 Å². The van der Waals surface area contributed by atoms with Gasteiger partial charge in [-0.3, -0.25) is 20.5 Å². The Bertz CT molecular complexity index is 1900. The van der Waals surface area contributed by atoms with Gasteiger partial charge < -0.3 is 48.7 Å². The van der Waals surface area contributed by atoms with E-state index < -0.39 is 5.92 Å². The number of alkyl halides is 2. The number of terminal acetylenes is 1. The van der Waals surface area contributed by atoms with Crippen molar-refractivity contribution in [3.05, 3.63) is 35.9 Å². The average molecular weight is 1050 g/mol. The van der Waals surface area contributed by atoms with Gasteiger partial charge in [-0.25, -0.2) is 8.78 Å². The van der Waals surface area contributed by atoms with E-state index in [1.165, 1.54) is 44.1 Å². The van der Waals surface area contributed by atoms with Gasteiger partial charge >= 0.3 is 0 Å². The van der Waals surface area contributed by atoms with E-state index in [9.17, 15) is 23.8 Å². The van der Waals surface area contributed by atoms with Crippen molar-refractivity contribution in [1.82, 2.24) is 29.8 Å². The summed E-state index contributed by atoms with van der Waals surface area (Å²) in [6.07, 6.45) is 20.6. The molecule has 1 aromatic carbocycles. The number of aldehydes is 1. The molecule has 0 bridgehead atoms. The fourth-order valence-corrected chi connectivity index (χ4v) is 13.1. The first-order valence-electron chi connectivity index (χ1n) is 28.9. The van der Waals surface area contributed by atoms with Gasteiger partial charge in [-0.2, -0.15) is 0 Å². The Labute approximate surface area is 450 Å².